The zero-order chi connectivity index (χ0) is 11.7. The highest BCUT2D eigenvalue weighted by Gasteiger charge is 2.30. The summed E-state index contributed by atoms with van der Waals surface area (Å²) < 4.78 is 1.91. The molecule has 1 aromatic heterocycles. The Hall–Kier alpha value is -0.840. The van der Waals surface area contributed by atoms with Crippen LogP contribution in [0.15, 0.2) is 12.3 Å². The van der Waals surface area contributed by atoms with Crippen molar-refractivity contribution < 1.29 is 4.79 Å². The van der Waals surface area contributed by atoms with Gasteiger partial charge in [-0.15, -0.1) is 0 Å². The monoisotopic (exact) mass is 285 g/mol. The molecule has 0 aromatic carbocycles. The molecular weight excluding hydrogens is 270 g/mol. The van der Waals surface area contributed by atoms with Gasteiger partial charge >= 0.3 is 0 Å². The molecule has 16 heavy (non-hydrogen) atoms. The Kier molecular flexibility index (Phi) is 3.33. The molecule has 1 unspecified atom stereocenters. The maximum Gasteiger partial charge on any atom is 0.229 e. The fraction of sp³-hybridized carbons (Fsp3) is 0.636. The molecule has 1 saturated heterocycles. The van der Waals surface area contributed by atoms with E-state index in [1.165, 1.54) is 0 Å². The Labute approximate surface area is 104 Å². The molecule has 0 saturated carbocycles. The molecule has 2 rings (SSSR count). The highest BCUT2D eigenvalue weighted by Crippen LogP contribution is 2.25. The van der Waals surface area contributed by atoms with Gasteiger partial charge in [0.1, 0.15) is 5.82 Å². The third-order valence-corrected chi connectivity index (χ3v) is 3.20. The van der Waals surface area contributed by atoms with Gasteiger partial charge in [-0.05, 0) is 5.92 Å². The van der Waals surface area contributed by atoms with Crippen molar-refractivity contribution >= 4 is 27.7 Å². The molecule has 1 aromatic rings. The van der Waals surface area contributed by atoms with Crippen molar-refractivity contribution in [2.75, 3.05) is 11.4 Å². The molecule has 1 amide bonds. The summed E-state index contributed by atoms with van der Waals surface area (Å²) in [6.07, 6.45) is 2.33. The maximum absolute atomic E-state index is 11.8. The Morgan fingerprint density at radius 1 is 1.62 bits per heavy atom. The van der Waals surface area contributed by atoms with Gasteiger partial charge in [0.25, 0.3) is 0 Å². The van der Waals surface area contributed by atoms with Crippen LogP contribution >= 0.6 is 15.9 Å². The van der Waals surface area contributed by atoms with Gasteiger partial charge in [-0.3, -0.25) is 9.69 Å². The molecule has 0 spiro atoms. The van der Waals surface area contributed by atoms with Crippen molar-refractivity contribution in [2.45, 2.75) is 31.6 Å². The summed E-state index contributed by atoms with van der Waals surface area (Å²) in [5.74, 6) is 1.61. The minimum atomic E-state index is 0.174. The maximum atomic E-state index is 11.8. The van der Waals surface area contributed by atoms with E-state index in [9.17, 15) is 4.79 Å². The lowest BCUT2D eigenvalue weighted by Gasteiger charge is -2.18. The van der Waals surface area contributed by atoms with E-state index in [4.69, 9.17) is 0 Å². The summed E-state index contributed by atoms with van der Waals surface area (Å²) in [7, 11) is 0. The predicted molar refractivity (Wildman–Crippen MR) is 66.8 cm³/mol. The number of rotatable bonds is 3. The summed E-state index contributed by atoms with van der Waals surface area (Å²) >= 11 is 3.49. The summed E-state index contributed by atoms with van der Waals surface area (Å²) in [6.45, 7) is 5.87. The van der Waals surface area contributed by atoms with Crippen LogP contribution in [0.2, 0.25) is 0 Å². The van der Waals surface area contributed by atoms with Crippen molar-refractivity contribution in [1.29, 1.82) is 0 Å². The van der Waals surface area contributed by atoms with E-state index >= 15 is 0 Å². The number of nitrogens with zero attached hydrogens (tertiary/aromatic N) is 3. The smallest absolute Gasteiger partial charge is 0.229 e. The lowest BCUT2D eigenvalue weighted by molar-refractivity contribution is -0.117. The first kappa shape index (κ1) is 11.6. The molecule has 4 nitrogen and oxygen atoms in total. The first-order valence-electron chi connectivity index (χ1n) is 5.54. The van der Waals surface area contributed by atoms with Crippen molar-refractivity contribution in [3.05, 3.63) is 12.3 Å². The van der Waals surface area contributed by atoms with Gasteiger partial charge in [0.05, 0.1) is 6.20 Å². The van der Waals surface area contributed by atoms with Gasteiger partial charge in [-0.1, -0.05) is 29.8 Å². The van der Waals surface area contributed by atoms with Crippen molar-refractivity contribution in [1.82, 2.24) is 9.78 Å². The van der Waals surface area contributed by atoms with E-state index in [1.54, 1.807) is 6.20 Å². The van der Waals surface area contributed by atoms with E-state index in [-0.39, 0.29) is 10.7 Å². The second kappa shape index (κ2) is 4.57. The van der Waals surface area contributed by atoms with Gasteiger partial charge in [0.15, 0.2) is 0 Å². The standard InChI is InChI=1S/C11H16BrN3O/c1-8(2)6-15-10(3-4-13-15)14-7-9(12)5-11(14)16/h3-4,8-9H,5-7H2,1-2H3. The van der Waals surface area contributed by atoms with Crippen LogP contribution in [0.3, 0.4) is 0 Å². The number of carbonyl (C=O) groups is 1. The SMILES string of the molecule is CC(C)Cn1nccc1N1CC(Br)CC1=O. The average Bonchev–Trinajstić information content (AvgIpc) is 2.72. The summed E-state index contributed by atoms with van der Waals surface area (Å²) in [5.41, 5.74) is 0. The van der Waals surface area contributed by atoms with Crippen LogP contribution in [0, 0.1) is 5.92 Å². The molecule has 1 aliphatic rings. The fourth-order valence-corrected chi connectivity index (χ4v) is 2.49. The molecule has 0 N–H and O–H groups in total. The van der Waals surface area contributed by atoms with Crippen LogP contribution in [0.4, 0.5) is 5.82 Å². The van der Waals surface area contributed by atoms with Crippen LogP contribution in [0.1, 0.15) is 20.3 Å². The molecule has 1 atom stereocenters. The molecule has 2 heterocycles. The predicted octanol–water partition coefficient (Wildman–Crippen LogP) is 2.04. The van der Waals surface area contributed by atoms with Crippen LogP contribution in [0.25, 0.3) is 0 Å². The number of hydrogen-bond acceptors (Lipinski definition) is 2. The highest BCUT2D eigenvalue weighted by molar-refractivity contribution is 9.09. The Morgan fingerprint density at radius 3 is 2.94 bits per heavy atom. The van der Waals surface area contributed by atoms with Crippen molar-refractivity contribution in [2.24, 2.45) is 5.92 Å². The summed E-state index contributed by atoms with van der Waals surface area (Å²) in [4.78, 5) is 13.9. The minimum Gasteiger partial charge on any atom is -0.296 e. The van der Waals surface area contributed by atoms with E-state index in [1.807, 2.05) is 15.6 Å². The Morgan fingerprint density at radius 2 is 2.38 bits per heavy atom. The molecule has 88 valence electrons. The molecule has 0 aliphatic carbocycles. The number of anilines is 1. The molecule has 5 heteroatoms. The normalized spacial score (nSPS) is 21.1. The first-order chi connectivity index (χ1) is 7.58. The molecule has 0 bridgehead atoms. The molecule has 0 radical (unpaired) electrons. The first-order valence-corrected chi connectivity index (χ1v) is 6.45. The van der Waals surface area contributed by atoms with E-state index in [2.05, 4.69) is 34.9 Å². The lowest BCUT2D eigenvalue weighted by atomic mass is 10.2. The Balaban J connectivity index is 2.20. The highest BCUT2D eigenvalue weighted by atomic mass is 79.9. The molecule has 1 aliphatic heterocycles. The summed E-state index contributed by atoms with van der Waals surface area (Å²) in [6, 6.07) is 1.91. The quantitative estimate of drug-likeness (QED) is 0.797. The number of carbonyl (C=O) groups excluding carboxylic acids is 1. The third kappa shape index (κ3) is 2.29. The largest absolute Gasteiger partial charge is 0.296 e. The average molecular weight is 286 g/mol. The number of halogens is 1. The summed E-state index contributed by atoms with van der Waals surface area (Å²) in [5, 5.41) is 4.27. The van der Waals surface area contributed by atoms with Gasteiger partial charge in [0, 0.05) is 30.4 Å². The van der Waals surface area contributed by atoms with E-state index in [0.717, 1.165) is 18.9 Å². The van der Waals surface area contributed by atoms with Crippen molar-refractivity contribution in [3.63, 3.8) is 0 Å². The lowest BCUT2D eigenvalue weighted by Crippen LogP contribution is -2.28. The van der Waals surface area contributed by atoms with Crippen LogP contribution < -0.4 is 4.90 Å². The fourth-order valence-electron chi connectivity index (χ4n) is 1.93. The molecular formula is C11H16BrN3O. The van der Waals surface area contributed by atoms with Gasteiger partial charge < -0.3 is 0 Å². The van der Waals surface area contributed by atoms with Crippen LogP contribution in [-0.4, -0.2) is 27.1 Å². The van der Waals surface area contributed by atoms with Gasteiger partial charge in [-0.25, -0.2) is 4.68 Å². The zero-order valence-corrected chi connectivity index (χ0v) is 11.1. The number of hydrogen-bond donors (Lipinski definition) is 0. The number of aromatic nitrogens is 2. The number of alkyl halides is 1. The van der Waals surface area contributed by atoms with Crippen LogP contribution in [-0.2, 0) is 11.3 Å². The van der Waals surface area contributed by atoms with E-state index < -0.39 is 0 Å². The van der Waals surface area contributed by atoms with Gasteiger partial charge in [-0.2, -0.15) is 5.10 Å². The van der Waals surface area contributed by atoms with Crippen LogP contribution in [0.5, 0.6) is 0 Å². The number of amides is 1. The van der Waals surface area contributed by atoms with Crippen molar-refractivity contribution in [3.8, 4) is 0 Å². The van der Waals surface area contributed by atoms with E-state index in [0.29, 0.717) is 12.3 Å². The zero-order valence-electron chi connectivity index (χ0n) is 9.56. The Bertz CT molecular complexity index is 388. The minimum absolute atomic E-state index is 0.174. The van der Waals surface area contributed by atoms with Gasteiger partial charge in [0.2, 0.25) is 5.91 Å². The molecule has 1 fully saturated rings. The second-order valence-corrected chi connectivity index (χ2v) is 5.87. The third-order valence-electron chi connectivity index (χ3n) is 2.59. The second-order valence-electron chi connectivity index (χ2n) is 4.57. The topological polar surface area (TPSA) is 38.1 Å².